The zero-order valence-corrected chi connectivity index (χ0v) is 15.9. The molecule has 1 N–H and O–H groups in total. The molecule has 0 bridgehead atoms. The Kier molecular flexibility index (Phi) is 5.14. The highest BCUT2D eigenvalue weighted by Gasteiger charge is 2.33. The second-order valence-electron chi connectivity index (χ2n) is 7.06. The van der Waals surface area contributed by atoms with Crippen molar-refractivity contribution in [3.05, 3.63) is 36.2 Å². The van der Waals surface area contributed by atoms with Crippen LogP contribution in [0.1, 0.15) is 31.5 Å². The van der Waals surface area contributed by atoms with Crippen molar-refractivity contribution >= 4 is 17.6 Å². The minimum absolute atomic E-state index is 0.113. The Bertz CT molecular complexity index is 844. The van der Waals surface area contributed by atoms with E-state index in [0.29, 0.717) is 32.7 Å². The molecule has 2 aromatic rings. The Labute approximate surface area is 163 Å². The third kappa shape index (κ3) is 3.92. The number of carbonyl (C=O) groups is 2. The molecule has 0 unspecified atom stereocenters. The van der Waals surface area contributed by atoms with Gasteiger partial charge in [0.2, 0.25) is 5.91 Å². The molecule has 3 amide bonds. The molecule has 4 rings (SSSR count). The maximum absolute atomic E-state index is 12.3. The molecule has 9 nitrogen and oxygen atoms in total. The number of hydrogen-bond donors (Lipinski definition) is 1. The smallest absolute Gasteiger partial charge is 0.321 e. The van der Waals surface area contributed by atoms with E-state index in [4.69, 9.17) is 4.74 Å². The molecular weight excluding hydrogens is 360 g/mol. The lowest BCUT2D eigenvalue weighted by molar-refractivity contribution is -0.128. The molecule has 2 aliphatic rings. The Morgan fingerprint density at radius 3 is 2.75 bits per heavy atom. The fraction of sp³-hybridized carbons (Fsp3) is 0.474. The lowest BCUT2D eigenvalue weighted by Crippen LogP contribution is -2.52. The van der Waals surface area contributed by atoms with E-state index < -0.39 is 0 Å². The molecule has 2 saturated heterocycles. The molecule has 0 radical (unpaired) electrons. The zero-order valence-electron chi connectivity index (χ0n) is 15.9. The molecular formula is C19H24N6O3. The predicted molar refractivity (Wildman–Crippen MR) is 102 cm³/mol. The number of rotatable bonds is 6. The SMILES string of the molecule is CCOc1ccc(NC(=O)N2CC(n3cc(CN4CCCC4=O)nn3)C2)cc1. The molecule has 2 fully saturated rings. The number of ether oxygens (including phenoxy) is 1. The number of nitrogens with one attached hydrogen (secondary N) is 1. The topological polar surface area (TPSA) is 92.6 Å². The van der Waals surface area contributed by atoms with Crippen LogP contribution in [0.15, 0.2) is 30.5 Å². The van der Waals surface area contributed by atoms with E-state index >= 15 is 0 Å². The van der Waals surface area contributed by atoms with Crippen LogP contribution in [-0.2, 0) is 11.3 Å². The second kappa shape index (κ2) is 7.87. The van der Waals surface area contributed by atoms with Gasteiger partial charge in [-0.25, -0.2) is 9.48 Å². The minimum atomic E-state index is -0.136. The summed E-state index contributed by atoms with van der Waals surface area (Å²) in [6.07, 6.45) is 3.40. The summed E-state index contributed by atoms with van der Waals surface area (Å²) < 4.78 is 7.19. The van der Waals surface area contributed by atoms with Crippen molar-refractivity contribution in [1.82, 2.24) is 24.8 Å². The number of likely N-dealkylation sites (tertiary alicyclic amines) is 2. The number of benzene rings is 1. The molecule has 28 heavy (non-hydrogen) atoms. The fourth-order valence-electron chi connectivity index (χ4n) is 3.42. The molecule has 148 valence electrons. The molecule has 0 atom stereocenters. The fourth-order valence-corrected chi connectivity index (χ4v) is 3.42. The first-order valence-corrected chi connectivity index (χ1v) is 9.59. The molecule has 0 saturated carbocycles. The van der Waals surface area contributed by atoms with Crippen LogP contribution in [0, 0.1) is 0 Å². The summed E-state index contributed by atoms with van der Waals surface area (Å²) >= 11 is 0. The van der Waals surface area contributed by atoms with Crippen LogP contribution < -0.4 is 10.1 Å². The monoisotopic (exact) mass is 384 g/mol. The second-order valence-corrected chi connectivity index (χ2v) is 7.06. The molecule has 2 aliphatic heterocycles. The van der Waals surface area contributed by atoms with Crippen LogP contribution in [0.5, 0.6) is 5.75 Å². The third-order valence-corrected chi connectivity index (χ3v) is 5.02. The van der Waals surface area contributed by atoms with Crippen LogP contribution in [-0.4, -0.2) is 63.0 Å². The van der Waals surface area contributed by atoms with Crippen LogP contribution in [0.25, 0.3) is 0 Å². The van der Waals surface area contributed by atoms with Gasteiger partial charge in [0, 0.05) is 31.7 Å². The van der Waals surface area contributed by atoms with Gasteiger partial charge in [0.05, 0.1) is 25.4 Å². The minimum Gasteiger partial charge on any atom is -0.494 e. The van der Waals surface area contributed by atoms with E-state index in [9.17, 15) is 9.59 Å². The van der Waals surface area contributed by atoms with Gasteiger partial charge in [-0.2, -0.15) is 0 Å². The maximum atomic E-state index is 12.3. The standard InChI is InChI=1S/C19H24N6O3/c1-2-28-17-7-5-14(6-8-17)20-19(27)24-12-16(13-24)25-11-15(21-22-25)10-23-9-3-4-18(23)26/h5-8,11,16H,2-4,9-10,12-13H2,1H3,(H,20,27). The van der Waals surface area contributed by atoms with Crippen molar-refractivity contribution in [2.45, 2.75) is 32.4 Å². The summed E-state index contributed by atoms with van der Waals surface area (Å²) in [7, 11) is 0. The molecule has 0 aliphatic carbocycles. The van der Waals surface area contributed by atoms with Crippen LogP contribution in [0.4, 0.5) is 10.5 Å². The summed E-state index contributed by atoms with van der Waals surface area (Å²) in [6, 6.07) is 7.29. The predicted octanol–water partition coefficient (Wildman–Crippen LogP) is 1.89. The van der Waals surface area contributed by atoms with Gasteiger partial charge in [0.1, 0.15) is 11.4 Å². The molecule has 3 heterocycles. The summed E-state index contributed by atoms with van der Waals surface area (Å²) in [5, 5.41) is 11.2. The third-order valence-electron chi connectivity index (χ3n) is 5.02. The Hall–Kier alpha value is -3.10. The highest BCUT2D eigenvalue weighted by atomic mass is 16.5. The quantitative estimate of drug-likeness (QED) is 0.821. The van der Waals surface area contributed by atoms with Gasteiger partial charge in [-0.15, -0.1) is 5.10 Å². The van der Waals surface area contributed by atoms with Gasteiger partial charge in [0.15, 0.2) is 0 Å². The van der Waals surface area contributed by atoms with Crippen LogP contribution >= 0.6 is 0 Å². The summed E-state index contributed by atoms with van der Waals surface area (Å²) in [6.45, 7) is 4.99. The number of amides is 3. The van der Waals surface area contributed by atoms with E-state index in [1.54, 1.807) is 9.58 Å². The van der Waals surface area contributed by atoms with E-state index in [1.807, 2.05) is 42.3 Å². The Morgan fingerprint density at radius 2 is 2.07 bits per heavy atom. The van der Waals surface area contributed by atoms with Gasteiger partial charge in [-0.3, -0.25) is 4.79 Å². The highest BCUT2D eigenvalue weighted by molar-refractivity contribution is 5.89. The van der Waals surface area contributed by atoms with Gasteiger partial charge in [-0.05, 0) is 37.6 Å². The molecule has 0 spiro atoms. The summed E-state index contributed by atoms with van der Waals surface area (Å²) in [5.41, 5.74) is 1.52. The van der Waals surface area contributed by atoms with Crippen molar-refractivity contribution in [1.29, 1.82) is 0 Å². The number of aromatic nitrogens is 3. The van der Waals surface area contributed by atoms with E-state index in [0.717, 1.165) is 30.1 Å². The van der Waals surface area contributed by atoms with Crippen molar-refractivity contribution in [2.24, 2.45) is 0 Å². The Balaban J connectivity index is 1.26. The van der Waals surface area contributed by atoms with Gasteiger partial charge < -0.3 is 19.9 Å². The first-order chi connectivity index (χ1) is 13.6. The normalized spacial score (nSPS) is 17.0. The summed E-state index contributed by atoms with van der Waals surface area (Å²) in [5.74, 6) is 0.956. The van der Waals surface area contributed by atoms with Crippen molar-refractivity contribution in [3.63, 3.8) is 0 Å². The van der Waals surface area contributed by atoms with Crippen LogP contribution in [0.2, 0.25) is 0 Å². The van der Waals surface area contributed by atoms with Crippen molar-refractivity contribution in [3.8, 4) is 5.75 Å². The number of hydrogen-bond acceptors (Lipinski definition) is 5. The number of carbonyl (C=O) groups excluding carboxylic acids is 2. The lowest BCUT2D eigenvalue weighted by atomic mass is 10.1. The highest BCUT2D eigenvalue weighted by Crippen LogP contribution is 2.23. The first kappa shape index (κ1) is 18.3. The lowest BCUT2D eigenvalue weighted by Gasteiger charge is -2.38. The van der Waals surface area contributed by atoms with E-state index in [-0.39, 0.29) is 18.0 Å². The number of nitrogens with zero attached hydrogens (tertiary/aromatic N) is 5. The molecule has 1 aromatic heterocycles. The van der Waals surface area contributed by atoms with E-state index in [1.165, 1.54) is 0 Å². The molecule has 9 heteroatoms. The Morgan fingerprint density at radius 1 is 1.29 bits per heavy atom. The largest absolute Gasteiger partial charge is 0.494 e. The van der Waals surface area contributed by atoms with Gasteiger partial charge in [-0.1, -0.05) is 5.21 Å². The van der Waals surface area contributed by atoms with Gasteiger partial charge >= 0.3 is 6.03 Å². The molecule has 1 aromatic carbocycles. The first-order valence-electron chi connectivity index (χ1n) is 9.59. The average molecular weight is 384 g/mol. The van der Waals surface area contributed by atoms with Crippen molar-refractivity contribution in [2.75, 3.05) is 31.6 Å². The summed E-state index contributed by atoms with van der Waals surface area (Å²) in [4.78, 5) is 27.6. The van der Waals surface area contributed by atoms with Crippen LogP contribution in [0.3, 0.4) is 0 Å². The maximum Gasteiger partial charge on any atom is 0.321 e. The van der Waals surface area contributed by atoms with E-state index in [2.05, 4.69) is 15.6 Å². The average Bonchev–Trinajstić information content (AvgIpc) is 3.26. The zero-order chi connectivity index (χ0) is 19.5. The number of anilines is 1. The number of urea groups is 1. The van der Waals surface area contributed by atoms with Gasteiger partial charge in [0.25, 0.3) is 0 Å². The van der Waals surface area contributed by atoms with Crippen molar-refractivity contribution < 1.29 is 14.3 Å².